The van der Waals surface area contributed by atoms with Crippen molar-refractivity contribution in [1.29, 1.82) is 0 Å². The van der Waals surface area contributed by atoms with E-state index in [2.05, 4.69) is 17.2 Å². The molecule has 0 amide bonds. The van der Waals surface area contributed by atoms with E-state index in [9.17, 15) is 26.0 Å². The molecule has 0 N–H and O–H groups in total. The molecule has 8 heteroatoms. The zero-order chi connectivity index (χ0) is 23.6. The molecule has 3 aliphatic carbocycles. The van der Waals surface area contributed by atoms with E-state index in [1.165, 1.54) is 29.8 Å². The van der Waals surface area contributed by atoms with Gasteiger partial charge in [0.1, 0.15) is 11.6 Å². The fourth-order valence-electron chi connectivity index (χ4n) is 6.43. The Morgan fingerprint density at radius 3 is 2.48 bits per heavy atom. The molecule has 0 saturated heterocycles. The minimum absolute atomic E-state index is 0.000336. The van der Waals surface area contributed by atoms with E-state index < -0.39 is 15.6 Å². The monoisotopic (exact) mass is 480 g/mol. The Morgan fingerprint density at radius 2 is 1.79 bits per heavy atom. The Labute approximate surface area is 190 Å². The summed E-state index contributed by atoms with van der Waals surface area (Å²) >= 11 is 0. The van der Waals surface area contributed by atoms with Gasteiger partial charge in [-0.25, -0.2) is 4.39 Å². The maximum Gasteiger partial charge on any atom is 0.534 e. The third kappa shape index (κ3) is 3.66. The van der Waals surface area contributed by atoms with Gasteiger partial charge in [-0.15, -0.1) is 0 Å². The predicted molar refractivity (Wildman–Crippen MR) is 116 cm³/mol. The van der Waals surface area contributed by atoms with E-state index in [1.54, 1.807) is 6.07 Å². The lowest BCUT2D eigenvalue weighted by molar-refractivity contribution is -0.0500. The first-order valence-electron chi connectivity index (χ1n) is 11.1. The molecule has 3 nitrogen and oxygen atoms in total. The molecule has 176 valence electrons. The molecule has 0 bridgehead atoms. The normalized spacial score (nSPS) is 29.0. The number of benzene rings is 2. The molecule has 3 aliphatic rings. The molecule has 1 fully saturated rings. The van der Waals surface area contributed by atoms with Gasteiger partial charge in [0.2, 0.25) is 0 Å². The van der Waals surface area contributed by atoms with Crippen molar-refractivity contribution in [3.8, 4) is 5.75 Å². The van der Waals surface area contributed by atoms with Crippen LogP contribution in [0.3, 0.4) is 0 Å². The van der Waals surface area contributed by atoms with E-state index in [-0.39, 0.29) is 22.9 Å². The molecule has 4 atom stereocenters. The third-order valence-corrected chi connectivity index (χ3v) is 8.90. The number of hydrogen-bond donors (Lipinski definition) is 0. The molecule has 5 rings (SSSR count). The molecular weight excluding hydrogens is 456 g/mol. The number of fused-ring (bicyclic) bond motifs is 5. The standard InChI is InChI=1S/C25H24F4O3S/c1-24-13-12-20-19-9-7-18(32-33(30,31)25(27,28)29)14-16(19)4-8-21(20)23(24)11-10-22(24)15-2-5-17(26)6-3-15/h2-3,5-7,9-10,14,20-21,23H,4,8,11-13H2,1H3/t20-,21-,23+,24-/m1/s1. The molecule has 33 heavy (non-hydrogen) atoms. The van der Waals surface area contributed by atoms with Crippen LogP contribution < -0.4 is 4.18 Å². The quantitative estimate of drug-likeness (QED) is 0.282. The van der Waals surface area contributed by atoms with E-state index in [4.69, 9.17) is 0 Å². The predicted octanol–water partition coefficient (Wildman–Crippen LogP) is 6.60. The second-order valence-corrected chi connectivity index (χ2v) is 11.1. The van der Waals surface area contributed by atoms with Crippen molar-refractivity contribution in [3.63, 3.8) is 0 Å². The van der Waals surface area contributed by atoms with Crippen LogP contribution in [-0.4, -0.2) is 13.9 Å². The highest BCUT2D eigenvalue weighted by Crippen LogP contribution is 2.63. The molecule has 0 unspecified atom stereocenters. The molecule has 0 spiro atoms. The molecule has 0 heterocycles. The van der Waals surface area contributed by atoms with Crippen LogP contribution in [0.4, 0.5) is 17.6 Å². The Bertz CT molecular complexity index is 1220. The minimum atomic E-state index is -5.69. The van der Waals surface area contributed by atoms with E-state index in [0.29, 0.717) is 18.3 Å². The summed E-state index contributed by atoms with van der Waals surface area (Å²) < 4.78 is 78.5. The van der Waals surface area contributed by atoms with Crippen LogP contribution in [0, 0.1) is 23.1 Å². The van der Waals surface area contributed by atoms with Crippen molar-refractivity contribution < 1.29 is 30.2 Å². The number of aryl methyl sites for hydroxylation is 1. The first kappa shape index (κ1) is 22.4. The van der Waals surface area contributed by atoms with Gasteiger partial charge >= 0.3 is 15.6 Å². The molecule has 0 radical (unpaired) electrons. The van der Waals surface area contributed by atoms with Crippen LogP contribution in [0.1, 0.15) is 55.2 Å². The summed E-state index contributed by atoms with van der Waals surface area (Å²) in [5.74, 6) is 0.590. The second-order valence-electron chi connectivity index (χ2n) is 9.58. The highest BCUT2D eigenvalue weighted by atomic mass is 32.2. The molecule has 1 saturated carbocycles. The number of rotatable bonds is 3. The summed E-state index contributed by atoms with van der Waals surface area (Å²) in [6.07, 6.45) is 6.68. The summed E-state index contributed by atoms with van der Waals surface area (Å²) in [6.45, 7) is 2.30. The zero-order valence-corrected chi connectivity index (χ0v) is 18.8. The minimum Gasteiger partial charge on any atom is -0.376 e. The third-order valence-electron chi connectivity index (χ3n) is 7.92. The topological polar surface area (TPSA) is 43.4 Å². The first-order chi connectivity index (χ1) is 15.5. The van der Waals surface area contributed by atoms with Crippen LogP contribution in [-0.2, 0) is 16.5 Å². The average Bonchev–Trinajstić information content (AvgIpc) is 3.10. The molecule has 0 aromatic heterocycles. The Balaban J connectivity index is 1.39. The smallest absolute Gasteiger partial charge is 0.376 e. The Morgan fingerprint density at radius 1 is 1.06 bits per heavy atom. The van der Waals surface area contributed by atoms with E-state index >= 15 is 0 Å². The van der Waals surface area contributed by atoms with Crippen LogP contribution >= 0.6 is 0 Å². The van der Waals surface area contributed by atoms with Crippen molar-refractivity contribution in [2.45, 2.75) is 50.5 Å². The van der Waals surface area contributed by atoms with Gasteiger partial charge in [-0.1, -0.05) is 31.2 Å². The van der Waals surface area contributed by atoms with Crippen molar-refractivity contribution >= 4 is 15.7 Å². The van der Waals surface area contributed by atoms with Gasteiger partial charge in [-0.2, -0.15) is 21.6 Å². The lowest BCUT2D eigenvalue weighted by Gasteiger charge is -2.50. The SMILES string of the molecule is C[C@]12CC[C@@H]3c4ccc(OS(=O)(=O)C(F)(F)F)cc4CC[C@H]3[C@@H]1CC=C2c1ccc(F)cc1. The van der Waals surface area contributed by atoms with Crippen LogP contribution in [0.2, 0.25) is 0 Å². The fourth-order valence-corrected chi connectivity index (χ4v) is 6.88. The largest absolute Gasteiger partial charge is 0.534 e. The lowest BCUT2D eigenvalue weighted by atomic mass is 9.54. The van der Waals surface area contributed by atoms with Crippen LogP contribution in [0.5, 0.6) is 5.75 Å². The van der Waals surface area contributed by atoms with Gasteiger partial charge in [0.05, 0.1) is 0 Å². The zero-order valence-electron chi connectivity index (χ0n) is 18.0. The summed E-state index contributed by atoms with van der Waals surface area (Å²) in [6, 6.07) is 11.2. The second kappa shape index (κ2) is 7.58. The molecular formula is C25H24F4O3S. The van der Waals surface area contributed by atoms with Gasteiger partial charge in [0.15, 0.2) is 0 Å². The van der Waals surface area contributed by atoms with E-state index in [1.807, 2.05) is 12.1 Å². The highest BCUT2D eigenvalue weighted by Gasteiger charge is 2.52. The maximum absolute atomic E-state index is 13.4. The summed E-state index contributed by atoms with van der Waals surface area (Å²) in [5.41, 5.74) is -1.18. The fraction of sp³-hybridized carbons (Fsp3) is 0.440. The van der Waals surface area contributed by atoms with Crippen molar-refractivity contribution in [1.82, 2.24) is 0 Å². The highest BCUT2D eigenvalue weighted by molar-refractivity contribution is 7.88. The number of alkyl halides is 3. The maximum atomic E-state index is 13.4. The van der Waals surface area contributed by atoms with E-state index in [0.717, 1.165) is 42.4 Å². The summed E-state index contributed by atoms with van der Waals surface area (Å²) in [5, 5.41) is 0. The van der Waals surface area contributed by atoms with Gasteiger partial charge in [0.25, 0.3) is 0 Å². The first-order valence-corrected chi connectivity index (χ1v) is 12.5. The van der Waals surface area contributed by atoms with Crippen molar-refractivity contribution in [3.05, 3.63) is 71.0 Å². The number of hydrogen-bond acceptors (Lipinski definition) is 3. The van der Waals surface area contributed by atoms with Gasteiger partial charge in [-0.3, -0.25) is 0 Å². The van der Waals surface area contributed by atoms with Crippen molar-refractivity contribution in [2.75, 3.05) is 0 Å². The Kier molecular flexibility index (Phi) is 5.16. The van der Waals surface area contributed by atoms with Crippen LogP contribution in [0.15, 0.2) is 48.5 Å². The molecule has 0 aliphatic heterocycles. The number of halogens is 4. The van der Waals surface area contributed by atoms with Crippen LogP contribution in [0.25, 0.3) is 5.57 Å². The molecule has 2 aromatic rings. The lowest BCUT2D eigenvalue weighted by Crippen LogP contribution is -2.40. The van der Waals surface area contributed by atoms with Crippen molar-refractivity contribution in [2.24, 2.45) is 17.3 Å². The van der Waals surface area contributed by atoms with Gasteiger partial charge in [0, 0.05) is 0 Å². The molecule has 2 aromatic carbocycles. The summed E-state index contributed by atoms with van der Waals surface area (Å²) in [7, 11) is -5.69. The van der Waals surface area contributed by atoms with Gasteiger partial charge < -0.3 is 4.18 Å². The average molecular weight is 481 g/mol. The number of allylic oxidation sites excluding steroid dienone is 2. The van der Waals surface area contributed by atoms with Gasteiger partial charge in [-0.05, 0) is 102 Å². The Hall–Kier alpha value is -2.35. The summed E-state index contributed by atoms with van der Waals surface area (Å²) in [4.78, 5) is 0.